The first-order valence-electron chi connectivity index (χ1n) is 5.71. The number of aryl methyl sites for hydroxylation is 1. The van der Waals surface area contributed by atoms with Crippen molar-refractivity contribution in [1.29, 1.82) is 0 Å². The number of rotatable bonds is 6. The zero-order chi connectivity index (χ0) is 15.7. The number of nitrogens with two attached hydrogens (primary N) is 1. The Kier molecular flexibility index (Phi) is 4.90. The van der Waals surface area contributed by atoms with Crippen molar-refractivity contribution in [3.05, 3.63) is 16.5 Å². The summed E-state index contributed by atoms with van der Waals surface area (Å²) in [5.74, 6) is -1.95. The number of nitrogens with zero attached hydrogens (tertiary/aromatic N) is 1. The van der Waals surface area contributed by atoms with E-state index in [0.29, 0.717) is 16.9 Å². The molecule has 0 unspecified atom stereocenters. The molecule has 7 nitrogen and oxygen atoms in total. The Bertz CT molecular complexity index is 633. The van der Waals surface area contributed by atoms with Gasteiger partial charge in [-0.2, -0.15) is 4.31 Å². The zero-order valence-electron chi connectivity index (χ0n) is 11.3. The Balaban J connectivity index is 3.30. The number of aromatic carboxylic acids is 1. The third kappa shape index (κ3) is 3.35. The van der Waals surface area contributed by atoms with Gasteiger partial charge in [0.15, 0.2) is 0 Å². The van der Waals surface area contributed by atoms with Crippen molar-refractivity contribution in [2.24, 2.45) is 5.73 Å². The minimum Gasteiger partial charge on any atom is -0.477 e. The average molecular weight is 320 g/mol. The van der Waals surface area contributed by atoms with Crippen LogP contribution in [0.25, 0.3) is 0 Å². The minimum absolute atomic E-state index is 0.0358. The predicted octanol–water partition coefficient (Wildman–Crippen LogP) is 0.639. The number of carboxylic acid groups (broad SMARTS) is 1. The van der Waals surface area contributed by atoms with E-state index in [9.17, 15) is 18.0 Å². The minimum atomic E-state index is -3.94. The quantitative estimate of drug-likeness (QED) is 0.797. The van der Waals surface area contributed by atoms with Gasteiger partial charge in [0, 0.05) is 6.04 Å². The van der Waals surface area contributed by atoms with Crippen molar-refractivity contribution in [3.8, 4) is 0 Å². The molecule has 1 rings (SSSR count). The molecular formula is C11H16N2O5S2. The molecule has 0 atom stereocenters. The second-order valence-corrected chi connectivity index (χ2v) is 7.66. The Morgan fingerprint density at radius 1 is 1.45 bits per heavy atom. The van der Waals surface area contributed by atoms with E-state index in [-0.39, 0.29) is 9.09 Å². The van der Waals surface area contributed by atoms with Gasteiger partial charge >= 0.3 is 5.97 Å². The molecule has 0 saturated carbocycles. The van der Waals surface area contributed by atoms with Gasteiger partial charge in [-0.15, -0.1) is 11.3 Å². The number of sulfonamides is 1. The smallest absolute Gasteiger partial charge is 0.346 e. The molecule has 0 aliphatic rings. The standard InChI is InChI=1S/C11H16N2O5S2/c1-6(2)13(5-8(12)14)20(17,18)9-4-7(3)10(19-9)11(15)16/h4,6H,5H2,1-3H3,(H2,12,14)(H,15,16). The first kappa shape index (κ1) is 16.6. The second-order valence-electron chi connectivity index (χ2n) is 4.49. The molecule has 0 aliphatic carbocycles. The summed E-state index contributed by atoms with van der Waals surface area (Å²) in [5.41, 5.74) is 5.42. The monoisotopic (exact) mass is 320 g/mol. The van der Waals surface area contributed by atoms with Gasteiger partial charge in [-0.25, -0.2) is 13.2 Å². The molecule has 0 fully saturated rings. The number of carbonyl (C=O) groups excluding carboxylic acids is 1. The van der Waals surface area contributed by atoms with E-state index in [0.717, 1.165) is 4.31 Å². The number of hydrogen-bond donors (Lipinski definition) is 2. The van der Waals surface area contributed by atoms with Crippen molar-refractivity contribution in [2.75, 3.05) is 6.54 Å². The highest BCUT2D eigenvalue weighted by Crippen LogP contribution is 2.29. The summed E-state index contributed by atoms with van der Waals surface area (Å²) in [6, 6.07) is 0.822. The van der Waals surface area contributed by atoms with Crippen molar-refractivity contribution in [3.63, 3.8) is 0 Å². The summed E-state index contributed by atoms with van der Waals surface area (Å²) in [6.07, 6.45) is 0. The summed E-state index contributed by atoms with van der Waals surface area (Å²) in [4.78, 5) is 21.9. The number of thiophene rings is 1. The molecule has 0 spiro atoms. The number of hydrogen-bond acceptors (Lipinski definition) is 5. The van der Waals surface area contributed by atoms with E-state index >= 15 is 0 Å². The maximum absolute atomic E-state index is 12.4. The molecule has 9 heteroatoms. The summed E-state index contributed by atoms with van der Waals surface area (Å²) in [7, 11) is -3.94. The van der Waals surface area contributed by atoms with E-state index in [2.05, 4.69) is 0 Å². The highest BCUT2D eigenvalue weighted by molar-refractivity contribution is 7.91. The summed E-state index contributed by atoms with van der Waals surface area (Å²) in [6.45, 7) is 4.30. The van der Waals surface area contributed by atoms with Gasteiger partial charge in [0.25, 0.3) is 10.0 Å². The second kappa shape index (κ2) is 5.90. The van der Waals surface area contributed by atoms with Crippen LogP contribution in [0.1, 0.15) is 29.1 Å². The SMILES string of the molecule is Cc1cc(S(=O)(=O)N(CC(N)=O)C(C)C)sc1C(=O)O. The molecule has 112 valence electrons. The highest BCUT2D eigenvalue weighted by atomic mass is 32.2. The largest absolute Gasteiger partial charge is 0.477 e. The van der Waals surface area contributed by atoms with Gasteiger partial charge in [0.1, 0.15) is 9.09 Å². The fourth-order valence-corrected chi connectivity index (χ4v) is 4.72. The lowest BCUT2D eigenvalue weighted by atomic mass is 10.3. The summed E-state index contributed by atoms with van der Waals surface area (Å²) >= 11 is 0.666. The van der Waals surface area contributed by atoms with Crippen LogP contribution in [0.3, 0.4) is 0 Å². The van der Waals surface area contributed by atoms with E-state index in [1.165, 1.54) is 13.0 Å². The molecule has 1 amide bonds. The fraction of sp³-hybridized carbons (Fsp3) is 0.455. The van der Waals surface area contributed by atoms with Gasteiger partial charge in [0.2, 0.25) is 5.91 Å². The Morgan fingerprint density at radius 3 is 2.35 bits per heavy atom. The Hall–Kier alpha value is -1.45. The molecule has 0 saturated heterocycles. The van der Waals surface area contributed by atoms with Crippen LogP contribution in [0.4, 0.5) is 0 Å². The molecule has 1 aromatic rings. The maximum Gasteiger partial charge on any atom is 0.346 e. The van der Waals surface area contributed by atoms with Gasteiger partial charge < -0.3 is 10.8 Å². The molecular weight excluding hydrogens is 304 g/mol. The van der Waals surface area contributed by atoms with Crippen molar-refractivity contribution < 1.29 is 23.1 Å². The van der Waals surface area contributed by atoms with E-state index in [4.69, 9.17) is 10.8 Å². The van der Waals surface area contributed by atoms with Crippen LogP contribution in [-0.4, -0.2) is 42.3 Å². The van der Waals surface area contributed by atoms with E-state index in [1.54, 1.807) is 13.8 Å². The zero-order valence-corrected chi connectivity index (χ0v) is 12.9. The fourth-order valence-electron chi connectivity index (χ4n) is 1.61. The van der Waals surface area contributed by atoms with E-state index in [1.807, 2.05) is 0 Å². The van der Waals surface area contributed by atoms with Crippen molar-refractivity contribution in [1.82, 2.24) is 4.31 Å². The van der Waals surface area contributed by atoms with Crippen molar-refractivity contribution >= 4 is 33.2 Å². The Morgan fingerprint density at radius 2 is 2.00 bits per heavy atom. The van der Waals surface area contributed by atoms with Crippen LogP contribution in [-0.2, 0) is 14.8 Å². The molecule has 0 bridgehead atoms. The van der Waals surface area contributed by atoms with Gasteiger partial charge in [0.05, 0.1) is 6.54 Å². The third-order valence-electron chi connectivity index (χ3n) is 2.54. The highest BCUT2D eigenvalue weighted by Gasteiger charge is 2.31. The predicted molar refractivity (Wildman–Crippen MR) is 74.2 cm³/mol. The van der Waals surface area contributed by atoms with Crippen LogP contribution < -0.4 is 5.73 Å². The number of carboxylic acids is 1. The number of carbonyl (C=O) groups is 2. The maximum atomic E-state index is 12.4. The van der Waals surface area contributed by atoms with Gasteiger partial charge in [-0.05, 0) is 32.4 Å². The topological polar surface area (TPSA) is 118 Å². The molecule has 0 aliphatic heterocycles. The lowest BCUT2D eigenvalue weighted by Crippen LogP contribution is -2.42. The molecule has 1 heterocycles. The molecule has 20 heavy (non-hydrogen) atoms. The van der Waals surface area contributed by atoms with Crippen LogP contribution in [0.5, 0.6) is 0 Å². The summed E-state index contributed by atoms with van der Waals surface area (Å²) in [5, 5.41) is 8.97. The van der Waals surface area contributed by atoms with Gasteiger partial charge in [-0.1, -0.05) is 0 Å². The molecule has 0 radical (unpaired) electrons. The van der Waals surface area contributed by atoms with Crippen LogP contribution in [0.2, 0.25) is 0 Å². The van der Waals surface area contributed by atoms with Crippen LogP contribution >= 0.6 is 11.3 Å². The van der Waals surface area contributed by atoms with Gasteiger partial charge in [-0.3, -0.25) is 4.79 Å². The first-order valence-corrected chi connectivity index (χ1v) is 7.97. The summed E-state index contributed by atoms with van der Waals surface area (Å²) < 4.78 is 25.7. The molecule has 1 aromatic heterocycles. The number of amides is 1. The lowest BCUT2D eigenvalue weighted by molar-refractivity contribution is -0.118. The average Bonchev–Trinajstić information content (AvgIpc) is 2.68. The lowest BCUT2D eigenvalue weighted by Gasteiger charge is -2.23. The molecule has 3 N–H and O–H groups in total. The van der Waals surface area contributed by atoms with Crippen LogP contribution in [0.15, 0.2) is 10.3 Å². The number of primary amides is 1. The Labute approximate surface area is 121 Å². The first-order chi connectivity index (χ1) is 9.07. The van der Waals surface area contributed by atoms with Crippen molar-refractivity contribution in [2.45, 2.75) is 31.0 Å². The third-order valence-corrected chi connectivity index (χ3v) is 6.24. The van der Waals surface area contributed by atoms with Crippen LogP contribution in [0, 0.1) is 6.92 Å². The molecule has 0 aromatic carbocycles. The van der Waals surface area contributed by atoms with E-state index < -0.39 is 34.5 Å². The normalized spacial score (nSPS) is 12.1.